The van der Waals surface area contributed by atoms with Crippen LogP contribution in [0.1, 0.15) is 42.4 Å². The number of aryl methyl sites for hydroxylation is 1. The van der Waals surface area contributed by atoms with Crippen LogP contribution in [0.2, 0.25) is 0 Å². The molecular formula is C26H25F3N2O. The average Bonchev–Trinajstić information content (AvgIpc) is 3.17. The zero-order valence-corrected chi connectivity index (χ0v) is 18.1. The molecule has 3 aromatic rings. The Morgan fingerprint density at radius 1 is 1.16 bits per heavy atom. The van der Waals surface area contributed by atoms with Crippen LogP contribution in [0.15, 0.2) is 79.5 Å². The molecule has 166 valence electrons. The Bertz CT molecular complexity index is 1130. The van der Waals surface area contributed by atoms with Gasteiger partial charge in [-0.2, -0.15) is 18.3 Å². The van der Waals surface area contributed by atoms with E-state index in [9.17, 15) is 18.0 Å². The fourth-order valence-corrected chi connectivity index (χ4v) is 3.66. The van der Waals surface area contributed by atoms with Crippen LogP contribution in [0.25, 0.3) is 16.8 Å². The second-order valence-corrected chi connectivity index (χ2v) is 7.62. The molecule has 1 unspecified atom stereocenters. The van der Waals surface area contributed by atoms with Crippen LogP contribution in [-0.4, -0.2) is 15.6 Å². The van der Waals surface area contributed by atoms with Crippen LogP contribution in [0.5, 0.6) is 0 Å². The predicted octanol–water partition coefficient (Wildman–Crippen LogP) is 6.83. The molecule has 3 nitrogen and oxygen atoms in total. The number of alkyl halides is 3. The Kier molecular flexibility index (Phi) is 7.13. The molecule has 0 aliphatic carbocycles. The van der Waals surface area contributed by atoms with Gasteiger partial charge in [-0.15, -0.1) is 0 Å². The average molecular weight is 438 g/mol. The van der Waals surface area contributed by atoms with E-state index in [0.717, 1.165) is 29.8 Å². The molecule has 0 radical (unpaired) electrons. The number of halogens is 3. The molecule has 0 saturated carbocycles. The van der Waals surface area contributed by atoms with Gasteiger partial charge < -0.3 is 0 Å². The number of carbonyl (C=O) groups is 1. The quantitative estimate of drug-likeness (QED) is 0.361. The van der Waals surface area contributed by atoms with Gasteiger partial charge in [0.05, 0.1) is 17.5 Å². The summed E-state index contributed by atoms with van der Waals surface area (Å²) in [7, 11) is 1.80. The summed E-state index contributed by atoms with van der Waals surface area (Å²) >= 11 is 0. The van der Waals surface area contributed by atoms with Gasteiger partial charge in [-0.25, -0.2) is 0 Å². The summed E-state index contributed by atoms with van der Waals surface area (Å²) in [4.78, 5) is 12.9. The van der Waals surface area contributed by atoms with Crippen LogP contribution >= 0.6 is 0 Å². The highest BCUT2D eigenvalue weighted by Gasteiger charge is 2.30. The van der Waals surface area contributed by atoms with E-state index in [-0.39, 0.29) is 17.3 Å². The number of rotatable bonds is 8. The first kappa shape index (κ1) is 23.3. The minimum absolute atomic E-state index is 0.285. The lowest BCUT2D eigenvalue weighted by Crippen LogP contribution is -2.06. The molecule has 6 heteroatoms. The van der Waals surface area contributed by atoms with Crippen molar-refractivity contribution in [3.63, 3.8) is 0 Å². The molecule has 3 rings (SSSR count). The van der Waals surface area contributed by atoms with Crippen molar-refractivity contribution in [1.82, 2.24) is 9.78 Å². The summed E-state index contributed by atoms with van der Waals surface area (Å²) in [5.74, 6) is -0.607. The zero-order chi connectivity index (χ0) is 23.3. The molecular weight excluding hydrogens is 413 g/mol. The maximum absolute atomic E-state index is 13.1. The molecule has 0 amide bonds. The fraction of sp³-hybridized carbons (Fsp3) is 0.231. The van der Waals surface area contributed by atoms with Crippen molar-refractivity contribution in [2.45, 2.75) is 31.9 Å². The Balaban J connectivity index is 1.86. The van der Waals surface area contributed by atoms with Gasteiger partial charge in [0.15, 0.2) is 5.78 Å². The smallest absolute Gasteiger partial charge is 0.289 e. The van der Waals surface area contributed by atoms with Crippen LogP contribution in [0.3, 0.4) is 0 Å². The monoisotopic (exact) mass is 438 g/mol. The second-order valence-electron chi connectivity index (χ2n) is 7.62. The van der Waals surface area contributed by atoms with E-state index in [1.807, 2.05) is 37.3 Å². The lowest BCUT2D eigenvalue weighted by Gasteiger charge is -2.15. The molecule has 1 heterocycles. The van der Waals surface area contributed by atoms with Crippen LogP contribution < -0.4 is 0 Å². The van der Waals surface area contributed by atoms with Crippen molar-refractivity contribution in [3.8, 4) is 11.3 Å². The van der Waals surface area contributed by atoms with E-state index < -0.39 is 11.7 Å². The number of hydrogen-bond donors (Lipinski definition) is 0. The third kappa shape index (κ3) is 5.25. The van der Waals surface area contributed by atoms with E-state index in [1.165, 1.54) is 12.1 Å². The van der Waals surface area contributed by atoms with E-state index >= 15 is 0 Å². The highest BCUT2D eigenvalue weighted by atomic mass is 19.4. The first-order valence-corrected chi connectivity index (χ1v) is 10.4. The third-order valence-electron chi connectivity index (χ3n) is 5.33. The Morgan fingerprint density at radius 2 is 1.88 bits per heavy atom. The van der Waals surface area contributed by atoms with Crippen molar-refractivity contribution in [2.24, 2.45) is 7.05 Å². The molecule has 2 aromatic carbocycles. The molecule has 0 aliphatic rings. The highest BCUT2D eigenvalue weighted by molar-refractivity contribution is 6.26. The molecule has 0 N–H and O–H groups in total. The summed E-state index contributed by atoms with van der Waals surface area (Å²) in [6.07, 6.45) is 1.66. The van der Waals surface area contributed by atoms with Gasteiger partial charge in [-0.05, 0) is 24.1 Å². The number of hydrogen-bond acceptors (Lipinski definition) is 2. The van der Waals surface area contributed by atoms with Crippen molar-refractivity contribution in [3.05, 3.63) is 96.2 Å². The van der Waals surface area contributed by atoms with E-state index in [2.05, 4.69) is 11.7 Å². The molecule has 1 aromatic heterocycles. The van der Waals surface area contributed by atoms with Crippen molar-refractivity contribution < 1.29 is 18.0 Å². The number of allylic oxidation sites excluding steroid dienone is 3. The lowest BCUT2D eigenvalue weighted by atomic mass is 9.91. The van der Waals surface area contributed by atoms with Crippen molar-refractivity contribution >= 4 is 11.4 Å². The topological polar surface area (TPSA) is 34.9 Å². The normalized spacial score (nSPS) is 12.8. The maximum Gasteiger partial charge on any atom is 0.416 e. The number of aromatic nitrogens is 2. The minimum atomic E-state index is -4.41. The Morgan fingerprint density at radius 3 is 2.53 bits per heavy atom. The first-order chi connectivity index (χ1) is 15.2. The summed E-state index contributed by atoms with van der Waals surface area (Å²) in [5.41, 5.74) is 2.44. The number of nitrogens with zero attached hydrogens (tertiary/aromatic N) is 2. The number of benzene rings is 2. The van der Waals surface area contributed by atoms with E-state index in [4.69, 9.17) is 0 Å². The van der Waals surface area contributed by atoms with Gasteiger partial charge >= 0.3 is 6.18 Å². The van der Waals surface area contributed by atoms with Gasteiger partial charge in [0, 0.05) is 29.7 Å². The van der Waals surface area contributed by atoms with Crippen LogP contribution in [0, 0.1) is 0 Å². The summed E-state index contributed by atoms with van der Waals surface area (Å²) < 4.78 is 41.0. The van der Waals surface area contributed by atoms with E-state index in [1.54, 1.807) is 30.1 Å². The largest absolute Gasteiger partial charge is 0.416 e. The Hall–Kier alpha value is -3.41. The predicted molar refractivity (Wildman–Crippen MR) is 121 cm³/mol. The Labute approximate surface area is 185 Å². The van der Waals surface area contributed by atoms with Crippen LogP contribution in [-0.2, 0) is 18.0 Å². The lowest BCUT2D eigenvalue weighted by molar-refractivity contribution is -0.137. The molecule has 0 bridgehead atoms. The zero-order valence-electron chi connectivity index (χ0n) is 18.1. The number of carbonyl (C=O) groups excluding carboxylic acids is 1. The highest BCUT2D eigenvalue weighted by Crippen LogP contribution is 2.33. The molecule has 0 spiro atoms. The molecule has 1 atom stereocenters. The molecule has 32 heavy (non-hydrogen) atoms. The fourth-order valence-electron chi connectivity index (χ4n) is 3.66. The van der Waals surface area contributed by atoms with Gasteiger partial charge in [-0.1, -0.05) is 74.5 Å². The summed E-state index contributed by atoms with van der Waals surface area (Å²) in [6, 6.07) is 14.8. The summed E-state index contributed by atoms with van der Waals surface area (Å²) in [5, 5.41) is 4.27. The standard InChI is InChI=1S/C26H25F3N2O/c1-4-9-19(21-12-8-13-22(16-21)26(27,28)29)14-15-24(32)18(2)23-17-30-31(3)25(23)20-10-6-5-7-11-20/h5-8,10-17,19H,2,4,9H2,1,3H3. The molecule has 0 aliphatic heterocycles. The van der Waals surface area contributed by atoms with Crippen molar-refractivity contribution in [1.29, 1.82) is 0 Å². The third-order valence-corrected chi connectivity index (χ3v) is 5.33. The SMILES string of the molecule is C=C(C(=O)C=CC(CCC)c1cccc(C(F)(F)F)c1)c1cnn(C)c1-c1ccccc1. The van der Waals surface area contributed by atoms with Gasteiger partial charge in [-0.3, -0.25) is 9.48 Å². The number of ketones is 1. The molecule has 0 saturated heterocycles. The summed E-state index contributed by atoms with van der Waals surface area (Å²) in [6.45, 7) is 5.92. The van der Waals surface area contributed by atoms with Gasteiger partial charge in [0.1, 0.15) is 0 Å². The first-order valence-electron chi connectivity index (χ1n) is 10.4. The van der Waals surface area contributed by atoms with Gasteiger partial charge in [0.25, 0.3) is 0 Å². The van der Waals surface area contributed by atoms with Gasteiger partial charge in [0.2, 0.25) is 0 Å². The second kappa shape index (κ2) is 9.81. The van der Waals surface area contributed by atoms with Crippen LogP contribution in [0.4, 0.5) is 13.2 Å². The maximum atomic E-state index is 13.1. The van der Waals surface area contributed by atoms with Crippen molar-refractivity contribution in [2.75, 3.05) is 0 Å². The van der Waals surface area contributed by atoms with E-state index in [0.29, 0.717) is 17.5 Å². The minimum Gasteiger partial charge on any atom is -0.289 e. The molecule has 0 fully saturated rings.